The van der Waals surface area contributed by atoms with Crippen molar-refractivity contribution in [3.8, 4) is 0 Å². The van der Waals surface area contributed by atoms with Gasteiger partial charge in [0.2, 0.25) is 17.7 Å². The molecule has 8 heteroatoms. The van der Waals surface area contributed by atoms with Gasteiger partial charge in [-0.3, -0.25) is 14.4 Å². The van der Waals surface area contributed by atoms with Gasteiger partial charge in [0.1, 0.15) is 6.04 Å². The van der Waals surface area contributed by atoms with Crippen molar-refractivity contribution in [3.63, 3.8) is 0 Å². The molecule has 0 saturated carbocycles. The summed E-state index contributed by atoms with van der Waals surface area (Å²) in [5.74, 6) is -1.38. The maximum absolute atomic E-state index is 14.3. The standard InChI is InChI=1S/C27H41N3O4S/c1-5-8-9-15-29-17-11-13-27-21(24(33)30(19(7-3)18-31)22(27)25(29)34)20-23(32)28(14-6-2)16-10-12-26(20,4)35-27/h10-13,19-22,31H,5-9,14-18H2,1-4H3/t19-,20-,21-,22?,26+,27-/m0/s1. The zero-order chi connectivity index (χ0) is 25.4. The molecule has 0 aromatic carbocycles. The van der Waals surface area contributed by atoms with E-state index in [0.29, 0.717) is 32.6 Å². The first kappa shape index (κ1) is 26.3. The van der Waals surface area contributed by atoms with E-state index in [0.717, 1.165) is 25.7 Å². The van der Waals surface area contributed by atoms with E-state index in [1.54, 1.807) is 16.7 Å². The lowest BCUT2D eigenvalue weighted by Crippen LogP contribution is -2.56. The number of carbonyl (C=O) groups is 3. The molecule has 4 aliphatic rings. The highest BCUT2D eigenvalue weighted by molar-refractivity contribution is 8.02. The van der Waals surface area contributed by atoms with Gasteiger partial charge in [-0.05, 0) is 26.2 Å². The minimum absolute atomic E-state index is 0.00428. The number of rotatable bonds is 9. The molecule has 194 valence electrons. The number of aliphatic hydroxyl groups is 1. The predicted octanol–water partition coefficient (Wildman–Crippen LogP) is 2.84. The van der Waals surface area contributed by atoms with Crippen LogP contribution in [0.4, 0.5) is 0 Å². The zero-order valence-corrected chi connectivity index (χ0v) is 22.4. The molecule has 1 spiro atoms. The van der Waals surface area contributed by atoms with Crippen LogP contribution in [0.3, 0.4) is 0 Å². The molecule has 4 heterocycles. The van der Waals surface area contributed by atoms with Crippen LogP contribution in [0.5, 0.6) is 0 Å². The zero-order valence-electron chi connectivity index (χ0n) is 21.6. The van der Waals surface area contributed by atoms with Gasteiger partial charge >= 0.3 is 0 Å². The molecule has 35 heavy (non-hydrogen) atoms. The van der Waals surface area contributed by atoms with Crippen LogP contribution in [0.1, 0.15) is 59.8 Å². The Morgan fingerprint density at radius 3 is 2.26 bits per heavy atom. The minimum atomic E-state index is -0.828. The van der Waals surface area contributed by atoms with Gasteiger partial charge in [0.25, 0.3) is 0 Å². The van der Waals surface area contributed by atoms with Crippen molar-refractivity contribution >= 4 is 29.5 Å². The van der Waals surface area contributed by atoms with E-state index in [1.807, 2.05) is 22.8 Å². The second-order valence-electron chi connectivity index (χ2n) is 10.6. The Balaban J connectivity index is 1.82. The van der Waals surface area contributed by atoms with Crippen LogP contribution in [0.15, 0.2) is 24.3 Å². The van der Waals surface area contributed by atoms with Crippen LogP contribution >= 0.6 is 11.8 Å². The monoisotopic (exact) mass is 503 g/mol. The van der Waals surface area contributed by atoms with Crippen LogP contribution in [-0.4, -0.2) is 91.9 Å². The van der Waals surface area contributed by atoms with E-state index < -0.39 is 33.4 Å². The second-order valence-corrected chi connectivity index (χ2v) is 12.4. The van der Waals surface area contributed by atoms with Crippen molar-refractivity contribution in [2.75, 3.05) is 32.8 Å². The summed E-state index contributed by atoms with van der Waals surface area (Å²) in [7, 11) is 0. The van der Waals surface area contributed by atoms with Crippen LogP contribution in [0, 0.1) is 11.8 Å². The van der Waals surface area contributed by atoms with Gasteiger partial charge in [-0.15, -0.1) is 11.8 Å². The van der Waals surface area contributed by atoms with Crippen molar-refractivity contribution in [1.29, 1.82) is 0 Å². The summed E-state index contributed by atoms with van der Waals surface area (Å²) in [5, 5.41) is 10.2. The van der Waals surface area contributed by atoms with Crippen molar-refractivity contribution < 1.29 is 19.5 Å². The fraction of sp³-hybridized carbons (Fsp3) is 0.741. The van der Waals surface area contributed by atoms with E-state index in [9.17, 15) is 19.5 Å². The van der Waals surface area contributed by atoms with Crippen molar-refractivity contribution in [3.05, 3.63) is 24.3 Å². The largest absolute Gasteiger partial charge is 0.394 e. The first-order chi connectivity index (χ1) is 16.8. The third kappa shape index (κ3) is 4.14. The van der Waals surface area contributed by atoms with Gasteiger partial charge < -0.3 is 19.8 Å². The Morgan fingerprint density at radius 2 is 1.63 bits per heavy atom. The number of fused-ring (bicyclic) bond motifs is 2. The summed E-state index contributed by atoms with van der Waals surface area (Å²) in [6.45, 7) is 10.4. The summed E-state index contributed by atoms with van der Waals surface area (Å²) in [6, 6.07) is -1.16. The third-order valence-electron chi connectivity index (χ3n) is 8.26. The SMILES string of the molecule is CCCCCN1CC=C[C@]23S[C@]4(C)C=CCN(CCC)C(=O)[C@@H]4[C@H]2C(=O)N([C@@H](CC)CO)C3C1=O. The highest BCUT2D eigenvalue weighted by Crippen LogP contribution is 2.65. The van der Waals surface area contributed by atoms with E-state index in [2.05, 4.69) is 39.0 Å². The molecule has 0 bridgehead atoms. The minimum Gasteiger partial charge on any atom is -0.394 e. The number of likely N-dealkylation sites (tertiary alicyclic amines) is 1. The Labute approximate surface area is 214 Å². The summed E-state index contributed by atoms with van der Waals surface area (Å²) in [4.78, 5) is 47.7. The van der Waals surface area contributed by atoms with Crippen molar-refractivity contribution in [1.82, 2.24) is 14.7 Å². The van der Waals surface area contributed by atoms with Crippen molar-refractivity contribution in [2.45, 2.75) is 81.4 Å². The molecule has 0 aromatic rings. The van der Waals surface area contributed by atoms with Crippen LogP contribution in [0.25, 0.3) is 0 Å². The second kappa shape index (κ2) is 10.3. The average molecular weight is 504 g/mol. The lowest BCUT2D eigenvalue weighted by atomic mass is 9.74. The summed E-state index contributed by atoms with van der Waals surface area (Å²) in [5.41, 5.74) is 0. The Bertz CT molecular complexity index is 903. The topological polar surface area (TPSA) is 81.2 Å². The van der Waals surface area contributed by atoms with E-state index in [-0.39, 0.29) is 24.3 Å². The highest BCUT2D eigenvalue weighted by Gasteiger charge is 2.74. The number of nitrogens with zero attached hydrogens (tertiary/aromatic N) is 3. The number of unbranched alkanes of at least 4 members (excludes halogenated alkanes) is 2. The number of hydrogen-bond acceptors (Lipinski definition) is 5. The van der Waals surface area contributed by atoms with Crippen LogP contribution in [-0.2, 0) is 14.4 Å². The van der Waals surface area contributed by atoms with E-state index in [1.165, 1.54) is 0 Å². The third-order valence-corrected chi connectivity index (χ3v) is 10.1. The summed E-state index contributed by atoms with van der Waals surface area (Å²) < 4.78 is -1.40. The summed E-state index contributed by atoms with van der Waals surface area (Å²) >= 11 is 1.62. The van der Waals surface area contributed by atoms with Gasteiger partial charge in [0.05, 0.1) is 29.2 Å². The molecular weight excluding hydrogens is 462 g/mol. The molecule has 1 unspecified atom stereocenters. The van der Waals surface area contributed by atoms with Gasteiger partial charge in [-0.25, -0.2) is 0 Å². The quantitative estimate of drug-likeness (QED) is 0.387. The summed E-state index contributed by atoms with van der Waals surface area (Å²) in [6.07, 6.45) is 12.7. The molecule has 4 aliphatic heterocycles. The number of amides is 3. The number of hydrogen-bond donors (Lipinski definition) is 1. The fourth-order valence-electron chi connectivity index (χ4n) is 6.59. The fourth-order valence-corrected chi connectivity index (χ4v) is 8.73. The molecule has 0 aliphatic carbocycles. The predicted molar refractivity (Wildman–Crippen MR) is 139 cm³/mol. The molecule has 4 rings (SSSR count). The highest BCUT2D eigenvalue weighted by atomic mass is 32.2. The molecule has 3 amide bonds. The molecule has 6 atom stereocenters. The molecule has 0 radical (unpaired) electrons. The lowest BCUT2D eigenvalue weighted by Gasteiger charge is -2.39. The van der Waals surface area contributed by atoms with Gasteiger partial charge in [0.15, 0.2) is 0 Å². The maximum atomic E-state index is 14.3. The number of thioether (sulfide) groups is 1. The van der Waals surface area contributed by atoms with E-state index >= 15 is 0 Å². The smallest absolute Gasteiger partial charge is 0.247 e. The normalized spacial score (nSPS) is 35.2. The van der Waals surface area contributed by atoms with Gasteiger partial charge in [-0.2, -0.15) is 0 Å². The molecule has 2 saturated heterocycles. The first-order valence-electron chi connectivity index (χ1n) is 13.4. The first-order valence-corrected chi connectivity index (χ1v) is 14.2. The molecule has 7 nitrogen and oxygen atoms in total. The average Bonchev–Trinajstić information content (AvgIpc) is 3.11. The molecular formula is C27H41N3O4S. The maximum Gasteiger partial charge on any atom is 0.247 e. The Hall–Kier alpha value is -1.80. The Morgan fingerprint density at radius 1 is 0.943 bits per heavy atom. The lowest BCUT2D eigenvalue weighted by molar-refractivity contribution is -0.147. The van der Waals surface area contributed by atoms with Crippen LogP contribution < -0.4 is 0 Å². The molecule has 0 aromatic heterocycles. The number of carbonyl (C=O) groups excluding carboxylic acids is 3. The Kier molecular flexibility index (Phi) is 7.72. The van der Waals surface area contributed by atoms with Gasteiger partial charge in [-0.1, -0.05) is 57.9 Å². The van der Waals surface area contributed by atoms with Crippen LogP contribution in [0.2, 0.25) is 0 Å². The number of aliphatic hydroxyl groups excluding tert-OH is 1. The van der Waals surface area contributed by atoms with Crippen molar-refractivity contribution in [2.24, 2.45) is 11.8 Å². The van der Waals surface area contributed by atoms with Gasteiger partial charge in [0, 0.05) is 30.9 Å². The molecule has 1 N–H and O–H groups in total. The van der Waals surface area contributed by atoms with E-state index in [4.69, 9.17) is 0 Å². The molecule has 2 fully saturated rings.